The van der Waals surface area contributed by atoms with Gasteiger partial charge in [-0.15, -0.1) is 11.3 Å². The lowest BCUT2D eigenvalue weighted by molar-refractivity contribution is 0.0337. The second kappa shape index (κ2) is 9.83. The molecular formula is C23H22N4O3S2. The topological polar surface area (TPSA) is 80.5 Å². The third-order valence-corrected chi connectivity index (χ3v) is 6.83. The van der Waals surface area contributed by atoms with E-state index in [9.17, 15) is 4.79 Å². The van der Waals surface area contributed by atoms with Gasteiger partial charge in [-0.25, -0.2) is 9.97 Å². The summed E-state index contributed by atoms with van der Waals surface area (Å²) in [6.07, 6.45) is 0. The summed E-state index contributed by atoms with van der Waals surface area (Å²) in [4.78, 5) is 24.4. The Balaban J connectivity index is 1.23. The molecule has 0 spiro atoms. The number of fused-ring (bicyclic) bond motifs is 1. The number of rotatable bonds is 7. The SMILES string of the molecule is O=C(Nc1nc(CN2CCOCC2)cs1)c1ccccc1CSc1nc2ccccc2o1. The number of carbonyl (C=O) groups is 1. The average molecular weight is 467 g/mol. The molecule has 2 aromatic carbocycles. The van der Waals surface area contributed by atoms with Crippen molar-refractivity contribution in [1.82, 2.24) is 14.9 Å². The van der Waals surface area contributed by atoms with Gasteiger partial charge in [0.15, 0.2) is 10.7 Å². The van der Waals surface area contributed by atoms with Crippen LogP contribution in [0.1, 0.15) is 21.6 Å². The molecule has 1 aliphatic heterocycles. The van der Waals surface area contributed by atoms with Gasteiger partial charge in [0, 0.05) is 36.3 Å². The average Bonchev–Trinajstić information content (AvgIpc) is 3.44. The summed E-state index contributed by atoms with van der Waals surface area (Å²) in [7, 11) is 0. The molecule has 0 radical (unpaired) electrons. The van der Waals surface area contributed by atoms with Crippen LogP contribution in [0.2, 0.25) is 0 Å². The highest BCUT2D eigenvalue weighted by atomic mass is 32.2. The van der Waals surface area contributed by atoms with Crippen molar-refractivity contribution in [3.05, 3.63) is 70.7 Å². The smallest absolute Gasteiger partial charge is 0.257 e. The lowest BCUT2D eigenvalue weighted by Crippen LogP contribution is -2.35. The molecule has 1 fully saturated rings. The molecule has 0 aliphatic carbocycles. The number of nitrogens with one attached hydrogen (secondary N) is 1. The zero-order chi connectivity index (χ0) is 21.8. The van der Waals surface area contributed by atoms with Gasteiger partial charge in [0.1, 0.15) is 5.52 Å². The number of benzene rings is 2. The predicted octanol–water partition coefficient (Wildman–Crippen LogP) is 4.66. The molecular weight excluding hydrogens is 444 g/mol. The summed E-state index contributed by atoms with van der Waals surface area (Å²) in [5, 5.41) is 6.16. The van der Waals surface area contributed by atoms with E-state index in [2.05, 4.69) is 20.2 Å². The Morgan fingerprint density at radius 1 is 1.09 bits per heavy atom. The molecule has 5 rings (SSSR count). The van der Waals surface area contributed by atoms with Crippen LogP contribution in [0, 0.1) is 0 Å². The van der Waals surface area contributed by atoms with E-state index in [1.54, 1.807) is 0 Å². The minimum Gasteiger partial charge on any atom is -0.431 e. The predicted molar refractivity (Wildman–Crippen MR) is 126 cm³/mol. The first-order valence-electron chi connectivity index (χ1n) is 10.4. The molecule has 1 amide bonds. The van der Waals surface area contributed by atoms with Gasteiger partial charge < -0.3 is 9.15 Å². The minimum absolute atomic E-state index is 0.161. The van der Waals surface area contributed by atoms with Crippen LogP contribution < -0.4 is 5.32 Å². The highest BCUT2D eigenvalue weighted by Crippen LogP contribution is 2.28. The van der Waals surface area contributed by atoms with Crippen LogP contribution in [-0.4, -0.2) is 47.1 Å². The number of oxazole rings is 1. The number of ether oxygens (including phenoxy) is 1. The van der Waals surface area contributed by atoms with Gasteiger partial charge in [-0.2, -0.15) is 0 Å². The molecule has 1 aliphatic rings. The molecule has 1 N–H and O–H groups in total. The van der Waals surface area contributed by atoms with Crippen molar-refractivity contribution in [2.45, 2.75) is 17.5 Å². The molecule has 32 heavy (non-hydrogen) atoms. The Morgan fingerprint density at radius 2 is 1.91 bits per heavy atom. The third kappa shape index (κ3) is 5.02. The van der Waals surface area contributed by atoms with Crippen LogP contribution >= 0.6 is 23.1 Å². The van der Waals surface area contributed by atoms with Crippen molar-refractivity contribution in [3.63, 3.8) is 0 Å². The number of thiazole rings is 1. The third-order valence-electron chi connectivity index (χ3n) is 5.15. The minimum atomic E-state index is -0.161. The highest BCUT2D eigenvalue weighted by molar-refractivity contribution is 7.98. The monoisotopic (exact) mass is 466 g/mol. The first-order valence-corrected chi connectivity index (χ1v) is 12.2. The Bertz CT molecular complexity index is 1180. The summed E-state index contributed by atoms with van der Waals surface area (Å²) >= 11 is 2.92. The molecule has 4 aromatic rings. The summed E-state index contributed by atoms with van der Waals surface area (Å²) in [6, 6.07) is 15.3. The first kappa shape index (κ1) is 21.1. The van der Waals surface area contributed by atoms with E-state index in [0.717, 1.165) is 55.2 Å². The van der Waals surface area contributed by atoms with E-state index < -0.39 is 0 Å². The van der Waals surface area contributed by atoms with E-state index in [1.807, 2.05) is 53.9 Å². The van der Waals surface area contributed by atoms with Crippen molar-refractivity contribution in [2.24, 2.45) is 0 Å². The Labute approximate surface area is 193 Å². The highest BCUT2D eigenvalue weighted by Gasteiger charge is 2.16. The van der Waals surface area contributed by atoms with Gasteiger partial charge in [0.25, 0.3) is 11.1 Å². The number of hydrogen-bond acceptors (Lipinski definition) is 8. The first-order chi connectivity index (χ1) is 15.7. The van der Waals surface area contributed by atoms with Crippen LogP contribution in [0.15, 0.2) is 63.6 Å². The number of anilines is 1. The van der Waals surface area contributed by atoms with Crippen molar-refractivity contribution in [3.8, 4) is 0 Å². The Morgan fingerprint density at radius 3 is 2.78 bits per heavy atom. The quantitative estimate of drug-likeness (QED) is 0.397. The van der Waals surface area contributed by atoms with Crippen molar-refractivity contribution in [1.29, 1.82) is 0 Å². The van der Waals surface area contributed by atoms with Gasteiger partial charge in [-0.1, -0.05) is 42.1 Å². The molecule has 7 nitrogen and oxygen atoms in total. The molecule has 9 heteroatoms. The van der Waals surface area contributed by atoms with Gasteiger partial charge in [0.05, 0.1) is 18.9 Å². The maximum Gasteiger partial charge on any atom is 0.257 e. The van der Waals surface area contributed by atoms with Crippen LogP contribution in [0.4, 0.5) is 5.13 Å². The zero-order valence-corrected chi connectivity index (χ0v) is 19.0. The summed E-state index contributed by atoms with van der Waals surface area (Å²) in [5.41, 5.74) is 4.10. The number of nitrogens with zero attached hydrogens (tertiary/aromatic N) is 3. The van der Waals surface area contributed by atoms with Crippen molar-refractivity contribution < 1.29 is 13.9 Å². The number of hydrogen-bond donors (Lipinski definition) is 1. The fourth-order valence-electron chi connectivity index (χ4n) is 3.51. The molecule has 0 bridgehead atoms. The number of morpholine rings is 1. The van der Waals surface area contributed by atoms with E-state index >= 15 is 0 Å². The standard InChI is InChI=1S/C23H22N4O3S2/c28-21(26-22-24-17(15-31-22)13-27-9-11-29-12-10-27)18-6-2-1-5-16(18)14-32-23-25-19-7-3-4-8-20(19)30-23/h1-8,15H,9-14H2,(H,24,26,28). The van der Waals surface area contributed by atoms with Gasteiger partial charge in [-0.3, -0.25) is 15.0 Å². The normalized spacial score (nSPS) is 14.6. The van der Waals surface area contributed by atoms with Gasteiger partial charge in [0.2, 0.25) is 0 Å². The number of carbonyl (C=O) groups excluding carboxylic acids is 1. The van der Waals surface area contributed by atoms with Crippen molar-refractivity contribution in [2.75, 3.05) is 31.6 Å². The number of aromatic nitrogens is 2. The number of para-hydroxylation sites is 2. The summed E-state index contributed by atoms with van der Waals surface area (Å²) in [5.74, 6) is 0.419. The van der Waals surface area contributed by atoms with Gasteiger partial charge in [-0.05, 0) is 23.8 Å². The fraction of sp³-hybridized carbons (Fsp3) is 0.261. The largest absolute Gasteiger partial charge is 0.431 e. The number of thioether (sulfide) groups is 1. The van der Waals surface area contributed by atoms with Gasteiger partial charge >= 0.3 is 0 Å². The Hall–Kier alpha value is -2.72. The molecule has 1 saturated heterocycles. The molecule has 2 aromatic heterocycles. The van der Waals surface area contributed by atoms with E-state index in [0.29, 0.717) is 21.7 Å². The van der Waals surface area contributed by atoms with Crippen LogP contribution in [-0.2, 0) is 17.0 Å². The summed E-state index contributed by atoms with van der Waals surface area (Å²) < 4.78 is 11.2. The maximum absolute atomic E-state index is 13.0. The molecule has 164 valence electrons. The molecule has 0 unspecified atom stereocenters. The summed E-state index contributed by atoms with van der Waals surface area (Å²) in [6.45, 7) is 4.10. The second-order valence-corrected chi connectivity index (χ2v) is 9.16. The maximum atomic E-state index is 13.0. The van der Waals surface area contributed by atoms with E-state index in [-0.39, 0.29) is 5.91 Å². The van der Waals surface area contributed by atoms with Crippen LogP contribution in [0.5, 0.6) is 0 Å². The lowest BCUT2D eigenvalue weighted by Gasteiger charge is -2.25. The Kier molecular flexibility index (Phi) is 6.49. The van der Waals surface area contributed by atoms with Crippen molar-refractivity contribution >= 4 is 45.2 Å². The van der Waals surface area contributed by atoms with Crippen LogP contribution in [0.3, 0.4) is 0 Å². The van der Waals surface area contributed by atoms with E-state index in [1.165, 1.54) is 23.1 Å². The second-order valence-electron chi connectivity index (χ2n) is 7.38. The molecule has 0 atom stereocenters. The fourth-order valence-corrected chi connectivity index (χ4v) is 5.05. The zero-order valence-electron chi connectivity index (χ0n) is 17.3. The van der Waals surface area contributed by atoms with E-state index in [4.69, 9.17) is 9.15 Å². The molecule has 0 saturated carbocycles. The number of amides is 1. The lowest BCUT2D eigenvalue weighted by atomic mass is 10.1. The molecule has 3 heterocycles. The van der Waals surface area contributed by atoms with Crippen LogP contribution in [0.25, 0.3) is 11.1 Å².